The number of H-pyrrole nitrogens is 1. The summed E-state index contributed by atoms with van der Waals surface area (Å²) in [6.07, 6.45) is 3.67. The van der Waals surface area contributed by atoms with Crippen LogP contribution >= 0.6 is 0 Å². The lowest BCUT2D eigenvalue weighted by atomic mass is 9.80. The Morgan fingerprint density at radius 1 is 1.10 bits per heavy atom. The number of methoxy groups -OCH3 is 1. The summed E-state index contributed by atoms with van der Waals surface area (Å²) in [4.78, 5) is 43.1. The third-order valence-corrected chi connectivity index (χ3v) is 8.08. The van der Waals surface area contributed by atoms with E-state index in [1.165, 1.54) is 7.11 Å². The molecule has 0 radical (unpaired) electrons. The number of benzene rings is 2. The molecule has 2 aliphatic rings. The highest BCUT2D eigenvalue weighted by Gasteiger charge is 2.39. The molecule has 3 aromatic rings. The quantitative estimate of drug-likeness (QED) is 0.380. The minimum atomic E-state index is -0.664. The van der Waals surface area contributed by atoms with Crippen molar-refractivity contribution in [1.82, 2.24) is 14.5 Å². The lowest BCUT2D eigenvalue weighted by Gasteiger charge is -2.39. The summed E-state index contributed by atoms with van der Waals surface area (Å²) in [5.74, 6) is -0.760. The Balaban J connectivity index is 1.38. The molecule has 5 rings (SSSR count). The number of ether oxygens (including phenoxy) is 3. The fraction of sp³-hybridized carbons (Fsp3) is 0.452. The van der Waals surface area contributed by atoms with Crippen molar-refractivity contribution in [2.45, 2.75) is 50.9 Å². The smallest absolute Gasteiger partial charge is 0.337 e. The minimum Gasteiger partial charge on any atom is -0.465 e. The van der Waals surface area contributed by atoms with E-state index < -0.39 is 12.3 Å². The van der Waals surface area contributed by atoms with E-state index in [1.807, 2.05) is 49.4 Å². The summed E-state index contributed by atoms with van der Waals surface area (Å²) in [7, 11) is 1.34. The van der Waals surface area contributed by atoms with Crippen LogP contribution in [0.5, 0.6) is 0 Å². The van der Waals surface area contributed by atoms with Gasteiger partial charge in [-0.2, -0.15) is 0 Å². The Morgan fingerprint density at radius 2 is 1.83 bits per heavy atom. The highest BCUT2D eigenvalue weighted by molar-refractivity contribution is 5.92. The molecule has 1 fully saturated rings. The summed E-state index contributed by atoms with van der Waals surface area (Å²) in [6.45, 7) is 3.29. The molecule has 3 unspecified atom stereocenters. The Morgan fingerprint density at radius 3 is 2.51 bits per heavy atom. The number of hydrogen-bond donors (Lipinski definition) is 2. The monoisotopic (exact) mass is 563 g/mol. The van der Waals surface area contributed by atoms with Crippen LogP contribution in [0.4, 0.5) is 0 Å². The number of para-hydroxylation sites is 2. The number of nitrogens with one attached hydrogen (secondary N) is 1. The number of allylic oxidation sites excluding steroid dienone is 1. The highest BCUT2D eigenvalue weighted by Crippen LogP contribution is 2.40. The summed E-state index contributed by atoms with van der Waals surface area (Å²) in [6, 6.07) is 14.8. The van der Waals surface area contributed by atoms with Gasteiger partial charge in [-0.1, -0.05) is 24.3 Å². The van der Waals surface area contributed by atoms with Crippen molar-refractivity contribution in [2.75, 3.05) is 33.4 Å². The Labute approximate surface area is 238 Å². The van der Waals surface area contributed by atoms with E-state index in [0.717, 1.165) is 16.6 Å². The van der Waals surface area contributed by atoms with E-state index >= 15 is 0 Å². The summed E-state index contributed by atoms with van der Waals surface area (Å²) >= 11 is 0. The number of carbonyl (C=O) groups is 2. The SMILES string of the molecule is CCOC1OC(C(=O)N2CCC(n3c(=O)[nH]c4ccccc43)CC2)=CC(c2ccc(C(=O)OC)cc2)C1CCCO. The van der Waals surface area contributed by atoms with Crippen molar-refractivity contribution >= 4 is 22.9 Å². The molecule has 0 bridgehead atoms. The maximum absolute atomic E-state index is 13.8. The normalized spacial score (nSPS) is 21.4. The molecule has 0 saturated carbocycles. The van der Waals surface area contributed by atoms with Crippen molar-refractivity contribution in [3.05, 3.63) is 82.0 Å². The number of rotatable bonds is 9. The van der Waals surface area contributed by atoms with Crippen LogP contribution in [0.15, 0.2) is 65.2 Å². The predicted octanol–water partition coefficient (Wildman–Crippen LogP) is 3.73. The fourth-order valence-electron chi connectivity index (χ4n) is 6.02. The van der Waals surface area contributed by atoms with Gasteiger partial charge in [0.15, 0.2) is 5.76 Å². The number of aliphatic hydroxyl groups excluding tert-OH is 1. The molecule has 10 heteroatoms. The number of nitrogens with zero attached hydrogens (tertiary/aromatic N) is 2. The van der Waals surface area contributed by atoms with E-state index in [1.54, 1.807) is 21.6 Å². The van der Waals surface area contributed by atoms with Gasteiger partial charge in [0.1, 0.15) is 0 Å². The molecule has 1 amide bonds. The number of likely N-dealkylation sites (tertiary alicyclic amines) is 1. The van der Waals surface area contributed by atoms with Crippen LogP contribution in [-0.2, 0) is 19.0 Å². The third kappa shape index (κ3) is 5.94. The zero-order valence-electron chi connectivity index (χ0n) is 23.5. The molecule has 41 heavy (non-hydrogen) atoms. The van der Waals surface area contributed by atoms with Crippen LogP contribution in [0.25, 0.3) is 11.0 Å². The average molecular weight is 564 g/mol. The van der Waals surface area contributed by atoms with Crippen molar-refractivity contribution < 1.29 is 28.9 Å². The lowest BCUT2D eigenvalue weighted by molar-refractivity contribution is -0.170. The van der Waals surface area contributed by atoms with Gasteiger partial charge in [0.2, 0.25) is 6.29 Å². The molecule has 1 saturated heterocycles. The average Bonchev–Trinajstić information content (AvgIpc) is 3.35. The molecular weight excluding hydrogens is 526 g/mol. The second-order valence-corrected chi connectivity index (χ2v) is 10.5. The number of aromatic nitrogens is 2. The number of hydrogen-bond acceptors (Lipinski definition) is 7. The molecule has 3 heterocycles. The van der Waals surface area contributed by atoms with Crippen LogP contribution in [-0.4, -0.2) is 71.1 Å². The first-order valence-corrected chi connectivity index (χ1v) is 14.2. The Bertz CT molecular complexity index is 1450. The molecule has 2 aliphatic heterocycles. The maximum atomic E-state index is 13.8. The summed E-state index contributed by atoms with van der Waals surface area (Å²) < 4.78 is 18.8. The highest BCUT2D eigenvalue weighted by atomic mass is 16.7. The lowest BCUT2D eigenvalue weighted by Crippen LogP contribution is -2.44. The largest absolute Gasteiger partial charge is 0.465 e. The minimum absolute atomic E-state index is 0.0101. The predicted molar refractivity (Wildman–Crippen MR) is 152 cm³/mol. The van der Waals surface area contributed by atoms with Gasteiger partial charge in [0.25, 0.3) is 5.91 Å². The van der Waals surface area contributed by atoms with E-state index in [0.29, 0.717) is 50.9 Å². The maximum Gasteiger partial charge on any atom is 0.337 e. The second-order valence-electron chi connectivity index (χ2n) is 10.5. The van der Waals surface area contributed by atoms with Crippen molar-refractivity contribution in [3.63, 3.8) is 0 Å². The summed E-state index contributed by atoms with van der Waals surface area (Å²) in [5, 5.41) is 9.54. The number of fused-ring (bicyclic) bond motifs is 1. The molecule has 1 aromatic heterocycles. The van der Waals surface area contributed by atoms with Gasteiger partial charge in [-0.3, -0.25) is 9.36 Å². The third-order valence-electron chi connectivity index (χ3n) is 8.08. The molecule has 218 valence electrons. The van der Waals surface area contributed by atoms with E-state index in [9.17, 15) is 19.5 Å². The second kappa shape index (κ2) is 12.7. The van der Waals surface area contributed by atoms with Crippen LogP contribution in [0.2, 0.25) is 0 Å². The Hall–Kier alpha value is -3.89. The van der Waals surface area contributed by atoms with Crippen LogP contribution in [0, 0.1) is 5.92 Å². The fourth-order valence-corrected chi connectivity index (χ4v) is 6.02. The number of esters is 1. The van der Waals surface area contributed by atoms with Crippen molar-refractivity contribution in [2.24, 2.45) is 5.92 Å². The first kappa shape index (κ1) is 28.6. The molecule has 0 spiro atoms. The van der Waals surface area contributed by atoms with E-state index in [4.69, 9.17) is 14.2 Å². The molecule has 10 nitrogen and oxygen atoms in total. The number of imidazole rings is 1. The zero-order valence-corrected chi connectivity index (χ0v) is 23.5. The van der Waals surface area contributed by atoms with Gasteiger partial charge < -0.3 is 29.2 Å². The number of aliphatic hydroxyl groups is 1. The van der Waals surface area contributed by atoms with Crippen molar-refractivity contribution in [3.8, 4) is 0 Å². The first-order chi connectivity index (χ1) is 19.9. The van der Waals surface area contributed by atoms with Crippen molar-refractivity contribution in [1.29, 1.82) is 0 Å². The molecule has 2 aromatic carbocycles. The number of amides is 1. The van der Waals surface area contributed by atoms with Gasteiger partial charge in [-0.05, 0) is 68.5 Å². The first-order valence-electron chi connectivity index (χ1n) is 14.2. The number of piperidine rings is 1. The van der Waals surface area contributed by atoms with Crippen LogP contribution < -0.4 is 5.69 Å². The van der Waals surface area contributed by atoms with Gasteiger partial charge in [-0.15, -0.1) is 0 Å². The zero-order chi connectivity index (χ0) is 28.9. The molecule has 3 atom stereocenters. The Kier molecular flexibility index (Phi) is 8.90. The number of carbonyl (C=O) groups excluding carboxylic acids is 2. The standard InChI is InChI=1S/C31H37N3O7/c1-3-40-30-23(7-6-18-35)24(20-10-12-21(13-11-20)29(37)39-2)19-27(41-30)28(36)33-16-14-22(15-17-33)34-26-9-5-4-8-25(26)32-31(34)38/h4-5,8-13,19,22-24,30,35H,3,6-7,14-18H2,1-2H3,(H,32,38). The molecule has 0 aliphatic carbocycles. The van der Waals surface area contributed by atoms with Gasteiger partial charge in [0.05, 0.1) is 23.7 Å². The van der Waals surface area contributed by atoms with Crippen LogP contribution in [0.3, 0.4) is 0 Å². The van der Waals surface area contributed by atoms with Gasteiger partial charge in [-0.25, -0.2) is 9.59 Å². The topological polar surface area (TPSA) is 123 Å². The van der Waals surface area contributed by atoms with E-state index in [2.05, 4.69) is 4.98 Å². The summed E-state index contributed by atoms with van der Waals surface area (Å²) in [5.41, 5.74) is 2.89. The van der Waals surface area contributed by atoms with Gasteiger partial charge >= 0.3 is 11.7 Å². The van der Waals surface area contributed by atoms with Crippen LogP contribution in [0.1, 0.15) is 60.5 Å². The molecule has 2 N–H and O–H groups in total. The van der Waals surface area contributed by atoms with E-state index in [-0.39, 0.29) is 41.8 Å². The molecular formula is C31H37N3O7. The number of aromatic amines is 1. The van der Waals surface area contributed by atoms with Gasteiger partial charge in [0, 0.05) is 44.2 Å².